The van der Waals surface area contributed by atoms with Gasteiger partial charge in [0.2, 0.25) is 5.65 Å². The highest BCUT2D eigenvalue weighted by atomic mass is 16.3. The van der Waals surface area contributed by atoms with E-state index >= 15 is 0 Å². The zero-order chi connectivity index (χ0) is 13.9. The van der Waals surface area contributed by atoms with Crippen molar-refractivity contribution in [2.45, 2.75) is 26.4 Å². The maximum absolute atomic E-state index is 8.82. The molecule has 0 amide bonds. The van der Waals surface area contributed by atoms with Gasteiger partial charge in [0.15, 0.2) is 5.65 Å². The molecule has 0 atom stereocenters. The van der Waals surface area contributed by atoms with E-state index in [1.807, 2.05) is 13.1 Å². The average Bonchev–Trinajstić information content (AvgIpc) is 3.10. The van der Waals surface area contributed by atoms with E-state index in [2.05, 4.69) is 25.4 Å². The maximum atomic E-state index is 8.82. The number of rotatable bonds is 5. The predicted molar refractivity (Wildman–Crippen MR) is 71.7 cm³/mol. The lowest BCUT2D eigenvalue weighted by Gasteiger charge is -1.99. The van der Waals surface area contributed by atoms with Gasteiger partial charge >= 0.3 is 0 Å². The molecule has 0 fully saturated rings. The quantitative estimate of drug-likeness (QED) is 0.727. The Morgan fingerprint density at radius 2 is 2.20 bits per heavy atom. The van der Waals surface area contributed by atoms with Gasteiger partial charge in [-0.3, -0.25) is 4.68 Å². The lowest BCUT2D eigenvalue weighted by molar-refractivity contribution is 0.277. The zero-order valence-corrected chi connectivity index (χ0v) is 11.1. The Balaban J connectivity index is 1.94. The van der Waals surface area contributed by atoms with Crippen LogP contribution in [0.25, 0.3) is 22.6 Å². The topological polar surface area (TPSA) is 94.5 Å². The van der Waals surface area contributed by atoms with Crippen LogP contribution in [0.5, 0.6) is 0 Å². The monoisotopic (exact) mass is 273 g/mol. The third kappa shape index (κ3) is 2.25. The van der Waals surface area contributed by atoms with Crippen LogP contribution in [0.2, 0.25) is 0 Å². The van der Waals surface area contributed by atoms with E-state index in [0.717, 1.165) is 11.3 Å². The fraction of sp³-hybridized carbons (Fsp3) is 0.417. The molecule has 3 heterocycles. The van der Waals surface area contributed by atoms with Crippen molar-refractivity contribution in [1.29, 1.82) is 0 Å². The minimum atomic E-state index is 0.155. The molecule has 104 valence electrons. The molecule has 3 aromatic heterocycles. The summed E-state index contributed by atoms with van der Waals surface area (Å²) in [5, 5.41) is 21.0. The Kier molecular flexibility index (Phi) is 3.38. The molecule has 8 heteroatoms. The van der Waals surface area contributed by atoms with E-state index in [9.17, 15) is 0 Å². The first-order valence-corrected chi connectivity index (χ1v) is 6.51. The third-order valence-corrected chi connectivity index (χ3v) is 3.00. The Labute approximate surface area is 115 Å². The second-order valence-electron chi connectivity index (χ2n) is 4.38. The number of fused-ring (bicyclic) bond motifs is 1. The molecule has 3 rings (SSSR count). The van der Waals surface area contributed by atoms with Gasteiger partial charge in [-0.2, -0.15) is 5.10 Å². The first kappa shape index (κ1) is 12.7. The first-order valence-electron chi connectivity index (χ1n) is 6.51. The van der Waals surface area contributed by atoms with Crippen molar-refractivity contribution in [3.05, 3.63) is 18.6 Å². The second kappa shape index (κ2) is 5.33. The number of nitrogens with zero attached hydrogens (tertiary/aromatic N) is 7. The van der Waals surface area contributed by atoms with Gasteiger partial charge in [-0.05, 0) is 13.3 Å². The summed E-state index contributed by atoms with van der Waals surface area (Å²) in [5.41, 5.74) is 2.85. The van der Waals surface area contributed by atoms with Gasteiger partial charge in [-0.1, -0.05) is 5.21 Å². The van der Waals surface area contributed by atoms with Crippen LogP contribution in [-0.2, 0) is 13.1 Å². The van der Waals surface area contributed by atoms with E-state index in [-0.39, 0.29) is 6.61 Å². The minimum Gasteiger partial charge on any atom is -0.396 e. The number of aliphatic hydroxyl groups is 1. The summed E-state index contributed by atoms with van der Waals surface area (Å²) in [6.07, 6.45) is 5.99. The normalized spacial score (nSPS) is 11.3. The van der Waals surface area contributed by atoms with Crippen LogP contribution in [0.3, 0.4) is 0 Å². The van der Waals surface area contributed by atoms with Crippen molar-refractivity contribution in [2.24, 2.45) is 0 Å². The maximum Gasteiger partial charge on any atom is 0.221 e. The molecule has 0 aromatic carbocycles. The zero-order valence-electron chi connectivity index (χ0n) is 11.1. The van der Waals surface area contributed by atoms with E-state index < -0.39 is 0 Å². The highest BCUT2D eigenvalue weighted by molar-refractivity contribution is 5.69. The summed E-state index contributed by atoms with van der Waals surface area (Å²) in [6, 6.07) is 0. The summed E-state index contributed by atoms with van der Waals surface area (Å²) in [4.78, 5) is 8.81. The summed E-state index contributed by atoms with van der Waals surface area (Å²) in [6.45, 7) is 3.52. The van der Waals surface area contributed by atoms with Gasteiger partial charge in [0.25, 0.3) is 0 Å². The van der Waals surface area contributed by atoms with Crippen molar-refractivity contribution in [1.82, 2.24) is 34.7 Å². The van der Waals surface area contributed by atoms with Crippen molar-refractivity contribution < 1.29 is 5.11 Å². The fourth-order valence-electron chi connectivity index (χ4n) is 1.96. The number of hydrogen-bond donors (Lipinski definition) is 1. The fourth-order valence-corrected chi connectivity index (χ4v) is 1.96. The van der Waals surface area contributed by atoms with Gasteiger partial charge in [-0.25, -0.2) is 14.6 Å². The van der Waals surface area contributed by atoms with Crippen LogP contribution in [0.1, 0.15) is 13.3 Å². The highest BCUT2D eigenvalue weighted by Gasteiger charge is 2.10. The van der Waals surface area contributed by atoms with E-state index in [1.165, 1.54) is 0 Å². The van der Waals surface area contributed by atoms with Crippen molar-refractivity contribution in [3.8, 4) is 11.3 Å². The molecule has 0 spiro atoms. The van der Waals surface area contributed by atoms with Gasteiger partial charge in [-0.15, -0.1) is 5.10 Å². The number of aryl methyl sites for hydroxylation is 2. The summed E-state index contributed by atoms with van der Waals surface area (Å²) in [5.74, 6) is 0. The van der Waals surface area contributed by atoms with E-state index in [1.54, 1.807) is 21.8 Å². The molecule has 3 aromatic rings. The molecule has 0 bridgehead atoms. The van der Waals surface area contributed by atoms with Gasteiger partial charge in [0, 0.05) is 31.5 Å². The standard InChI is InChI=1S/C12H15N7O/c1-2-19-12-11(16-17-19)13-7-10(15-12)9-6-14-18(8-9)4-3-5-20/h6-8,20H,2-5H2,1H3. The molecule has 8 nitrogen and oxygen atoms in total. The highest BCUT2D eigenvalue weighted by Crippen LogP contribution is 2.17. The van der Waals surface area contributed by atoms with Gasteiger partial charge in [0.1, 0.15) is 0 Å². The average molecular weight is 273 g/mol. The SMILES string of the molecule is CCn1nnc2ncc(-c3cnn(CCCO)c3)nc21. The third-order valence-electron chi connectivity index (χ3n) is 3.00. The van der Waals surface area contributed by atoms with Crippen LogP contribution in [0.15, 0.2) is 18.6 Å². The Bertz CT molecular complexity index is 717. The van der Waals surface area contributed by atoms with Gasteiger partial charge < -0.3 is 5.11 Å². The lowest BCUT2D eigenvalue weighted by atomic mass is 10.3. The Hall–Kier alpha value is -2.35. The molecule has 0 unspecified atom stereocenters. The molecule has 0 aliphatic rings. The van der Waals surface area contributed by atoms with Crippen LogP contribution >= 0.6 is 0 Å². The molecule has 0 saturated heterocycles. The summed E-state index contributed by atoms with van der Waals surface area (Å²) < 4.78 is 3.49. The van der Waals surface area contributed by atoms with Crippen LogP contribution in [0, 0.1) is 0 Å². The molecule has 0 aliphatic carbocycles. The number of aromatic nitrogens is 7. The molecule has 0 aliphatic heterocycles. The summed E-state index contributed by atoms with van der Waals surface area (Å²) in [7, 11) is 0. The Morgan fingerprint density at radius 3 is 3.00 bits per heavy atom. The predicted octanol–water partition coefficient (Wildman–Crippen LogP) is 0.487. The van der Waals surface area contributed by atoms with E-state index in [4.69, 9.17) is 5.11 Å². The molecule has 1 N–H and O–H groups in total. The van der Waals surface area contributed by atoms with Crippen molar-refractivity contribution in [3.63, 3.8) is 0 Å². The van der Waals surface area contributed by atoms with Crippen molar-refractivity contribution in [2.75, 3.05) is 6.61 Å². The summed E-state index contributed by atoms with van der Waals surface area (Å²) >= 11 is 0. The van der Waals surface area contributed by atoms with Crippen LogP contribution < -0.4 is 0 Å². The minimum absolute atomic E-state index is 0.155. The number of hydrogen-bond acceptors (Lipinski definition) is 6. The molecule has 0 radical (unpaired) electrons. The molecule has 20 heavy (non-hydrogen) atoms. The number of aliphatic hydroxyl groups excluding tert-OH is 1. The van der Waals surface area contributed by atoms with Crippen LogP contribution in [0.4, 0.5) is 0 Å². The molecule has 0 saturated carbocycles. The lowest BCUT2D eigenvalue weighted by Crippen LogP contribution is -2.00. The molecular weight excluding hydrogens is 258 g/mol. The Morgan fingerprint density at radius 1 is 1.30 bits per heavy atom. The van der Waals surface area contributed by atoms with Gasteiger partial charge in [0.05, 0.1) is 18.1 Å². The second-order valence-corrected chi connectivity index (χ2v) is 4.38. The van der Waals surface area contributed by atoms with Crippen LogP contribution in [-0.4, -0.2) is 46.5 Å². The van der Waals surface area contributed by atoms with Crippen molar-refractivity contribution >= 4 is 11.3 Å². The van der Waals surface area contributed by atoms with E-state index in [0.29, 0.717) is 30.8 Å². The first-order chi connectivity index (χ1) is 9.81. The smallest absolute Gasteiger partial charge is 0.221 e. The molecular formula is C12H15N7O. The largest absolute Gasteiger partial charge is 0.396 e.